The number of rotatable bonds is 4. The van der Waals surface area contributed by atoms with Crippen LogP contribution in [0.2, 0.25) is 0 Å². The van der Waals surface area contributed by atoms with Gasteiger partial charge in [0.25, 0.3) is 5.92 Å². The Morgan fingerprint density at radius 1 is 1.21 bits per heavy atom. The van der Waals surface area contributed by atoms with Crippen molar-refractivity contribution in [3.63, 3.8) is 0 Å². The van der Waals surface area contributed by atoms with E-state index >= 15 is 0 Å². The molecule has 28 heavy (non-hydrogen) atoms. The average Bonchev–Trinajstić information content (AvgIpc) is 3.08. The van der Waals surface area contributed by atoms with Crippen LogP contribution in [0.5, 0.6) is 0 Å². The van der Waals surface area contributed by atoms with Crippen LogP contribution in [0, 0.1) is 0 Å². The van der Waals surface area contributed by atoms with Crippen molar-refractivity contribution in [2.75, 3.05) is 13.1 Å². The molecule has 7 heteroatoms. The zero-order chi connectivity index (χ0) is 19.9. The summed E-state index contributed by atoms with van der Waals surface area (Å²) in [6, 6.07) is 7.75. The van der Waals surface area contributed by atoms with E-state index in [1.54, 1.807) is 16.9 Å². The summed E-state index contributed by atoms with van der Waals surface area (Å²) in [5, 5.41) is 5.16. The number of nitrogens with zero attached hydrogens (tertiary/aromatic N) is 4. The van der Waals surface area contributed by atoms with Gasteiger partial charge in [-0.15, -0.1) is 0 Å². The van der Waals surface area contributed by atoms with Gasteiger partial charge in [0, 0.05) is 63.6 Å². The van der Waals surface area contributed by atoms with Crippen molar-refractivity contribution in [2.45, 2.75) is 32.2 Å². The molecule has 0 spiro atoms. The second-order valence-corrected chi connectivity index (χ2v) is 7.50. The molecule has 0 atom stereocenters. The van der Waals surface area contributed by atoms with E-state index in [1.165, 1.54) is 6.92 Å². The number of fused-ring (bicyclic) bond motifs is 1. The Morgan fingerprint density at radius 3 is 2.61 bits per heavy atom. The third-order valence-electron chi connectivity index (χ3n) is 5.24. The molecule has 1 aliphatic rings. The molecule has 2 aromatic heterocycles. The molecule has 0 unspecified atom stereocenters. The lowest BCUT2D eigenvalue weighted by molar-refractivity contribution is -0.0566. The number of aromatic nitrogens is 3. The quantitative estimate of drug-likeness (QED) is 0.637. The maximum Gasteiger partial charge on any atom is 0.250 e. The Morgan fingerprint density at radius 2 is 1.96 bits per heavy atom. The smallest absolute Gasteiger partial charge is 0.250 e. The Kier molecular flexibility index (Phi) is 4.71. The topological polar surface area (TPSA) is 51.0 Å². The maximum atomic E-state index is 13.4. The van der Waals surface area contributed by atoms with Crippen molar-refractivity contribution in [1.82, 2.24) is 19.7 Å². The van der Waals surface area contributed by atoms with Gasteiger partial charge in [-0.1, -0.05) is 12.1 Å². The zero-order valence-corrected chi connectivity index (χ0v) is 16.0. The number of likely N-dealkylation sites (tertiary alicyclic amines) is 1. The molecule has 5 nitrogen and oxygen atoms in total. The second kappa shape index (κ2) is 7.05. The van der Waals surface area contributed by atoms with Gasteiger partial charge in [-0.05, 0) is 23.3 Å². The molecular formula is C21H22F2N4O. The van der Waals surface area contributed by atoms with Crippen molar-refractivity contribution in [1.29, 1.82) is 0 Å². The van der Waals surface area contributed by atoms with Crippen molar-refractivity contribution < 1.29 is 13.6 Å². The Bertz CT molecular complexity index is 1030. The average molecular weight is 384 g/mol. The molecular weight excluding hydrogens is 362 g/mol. The fraction of sp³-hybridized carbons (Fsp3) is 0.381. The van der Waals surface area contributed by atoms with E-state index in [2.05, 4.69) is 10.1 Å². The minimum atomic E-state index is -2.55. The molecule has 4 rings (SSSR count). The molecule has 1 saturated heterocycles. The summed E-state index contributed by atoms with van der Waals surface area (Å²) in [4.78, 5) is 18.5. The van der Waals surface area contributed by atoms with Crippen LogP contribution in [0.4, 0.5) is 8.78 Å². The highest BCUT2D eigenvalue weighted by Gasteiger charge is 2.33. The molecule has 1 fully saturated rings. The first kappa shape index (κ1) is 18.7. The number of aryl methyl sites for hydroxylation is 1. The number of carbonyl (C=O) groups is 1. The Hall–Kier alpha value is -2.67. The zero-order valence-electron chi connectivity index (χ0n) is 16.0. The Labute approximate surface area is 162 Å². The predicted octanol–water partition coefficient (Wildman–Crippen LogP) is 4.07. The van der Waals surface area contributed by atoms with Crippen LogP contribution in [0.25, 0.3) is 22.0 Å². The van der Waals surface area contributed by atoms with Crippen LogP contribution in [-0.2, 0) is 13.6 Å². The van der Waals surface area contributed by atoms with Gasteiger partial charge in [-0.2, -0.15) is 5.10 Å². The molecule has 1 aliphatic heterocycles. The summed E-state index contributed by atoms with van der Waals surface area (Å²) in [7, 11) is 1.85. The highest BCUT2D eigenvalue weighted by atomic mass is 19.3. The third kappa shape index (κ3) is 3.80. The lowest BCUT2D eigenvalue weighted by Crippen LogP contribution is -2.38. The van der Waals surface area contributed by atoms with E-state index in [0.29, 0.717) is 25.3 Å². The SMILES string of the molecule is CC(=O)c1cc(-c2cnn(C)c2)c2ccc(CN3CCC(F)(F)CC3)cc2n1. The molecule has 1 aromatic carbocycles. The minimum Gasteiger partial charge on any atom is -0.299 e. The standard InChI is InChI=1S/C21H22F2N4O/c1-14(28)19-10-18(16-11-24-26(2)13-16)17-4-3-15(9-20(17)25-19)12-27-7-5-21(22,23)6-8-27/h3-4,9-11,13H,5-8,12H2,1-2H3. The maximum absolute atomic E-state index is 13.4. The third-order valence-corrected chi connectivity index (χ3v) is 5.24. The molecule has 146 valence electrons. The highest BCUT2D eigenvalue weighted by Crippen LogP contribution is 2.31. The number of piperidine rings is 1. The largest absolute Gasteiger partial charge is 0.299 e. The number of hydrogen-bond donors (Lipinski definition) is 0. The number of Topliss-reactive ketones (excluding diaryl/α,β-unsaturated/α-hetero) is 1. The van der Waals surface area contributed by atoms with Crippen LogP contribution in [0.3, 0.4) is 0 Å². The van der Waals surface area contributed by atoms with Gasteiger partial charge in [0.15, 0.2) is 5.78 Å². The number of hydrogen-bond acceptors (Lipinski definition) is 4. The molecule has 0 amide bonds. The number of carbonyl (C=O) groups excluding carboxylic acids is 1. The number of alkyl halides is 2. The van der Waals surface area contributed by atoms with Gasteiger partial charge < -0.3 is 0 Å². The summed E-state index contributed by atoms with van der Waals surface area (Å²) < 4.78 is 28.5. The molecule has 0 radical (unpaired) electrons. The number of halogens is 2. The summed E-state index contributed by atoms with van der Waals surface area (Å²) in [6.45, 7) is 2.86. The summed E-state index contributed by atoms with van der Waals surface area (Å²) in [5.41, 5.74) is 3.96. The van der Waals surface area contributed by atoms with Gasteiger partial charge >= 0.3 is 0 Å². The lowest BCUT2D eigenvalue weighted by Gasteiger charge is -2.31. The van der Waals surface area contributed by atoms with E-state index in [4.69, 9.17) is 0 Å². The van der Waals surface area contributed by atoms with E-state index in [1.807, 2.05) is 36.3 Å². The normalized spacial score (nSPS) is 17.1. The first-order valence-corrected chi connectivity index (χ1v) is 9.34. The number of pyridine rings is 1. The first-order valence-electron chi connectivity index (χ1n) is 9.34. The van der Waals surface area contributed by atoms with Gasteiger partial charge in [0.2, 0.25) is 0 Å². The predicted molar refractivity (Wildman–Crippen MR) is 103 cm³/mol. The van der Waals surface area contributed by atoms with Crippen LogP contribution in [0.1, 0.15) is 35.8 Å². The van der Waals surface area contributed by atoms with Gasteiger partial charge in [-0.25, -0.2) is 13.8 Å². The lowest BCUT2D eigenvalue weighted by atomic mass is 10.00. The summed E-state index contributed by atoms with van der Waals surface area (Å²) in [5.74, 6) is -2.65. The van der Waals surface area contributed by atoms with E-state index in [-0.39, 0.29) is 18.6 Å². The highest BCUT2D eigenvalue weighted by molar-refractivity contribution is 6.01. The van der Waals surface area contributed by atoms with Crippen LogP contribution in [-0.4, -0.2) is 44.5 Å². The number of benzene rings is 1. The molecule has 0 bridgehead atoms. The molecule has 0 saturated carbocycles. The molecule has 3 heterocycles. The fourth-order valence-electron chi connectivity index (χ4n) is 3.65. The van der Waals surface area contributed by atoms with Gasteiger partial charge in [0.05, 0.1) is 11.7 Å². The van der Waals surface area contributed by atoms with Crippen molar-refractivity contribution in [3.05, 3.63) is 47.9 Å². The van der Waals surface area contributed by atoms with Gasteiger partial charge in [0.1, 0.15) is 5.69 Å². The van der Waals surface area contributed by atoms with Crippen molar-refractivity contribution in [2.24, 2.45) is 7.05 Å². The number of ketones is 1. The fourth-order valence-corrected chi connectivity index (χ4v) is 3.65. The monoisotopic (exact) mass is 384 g/mol. The van der Waals surface area contributed by atoms with Crippen molar-refractivity contribution >= 4 is 16.7 Å². The second-order valence-electron chi connectivity index (χ2n) is 7.50. The molecule has 3 aromatic rings. The van der Waals surface area contributed by atoms with E-state index in [0.717, 1.165) is 27.6 Å². The Balaban J connectivity index is 1.69. The first-order chi connectivity index (χ1) is 13.3. The molecule has 0 aliphatic carbocycles. The summed E-state index contributed by atoms with van der Waals surface area (Å²) >= 11 is 0. The van der Waals surface area contributed by atoms with Crippen LogP contribution >= 0.6 is 0 Å². The van der Waals surface area contributed by atoms with Crippen LogP contribution < -0.4 is 0 Å². The van der Waals surface area contributed by atoms with Crippen molar-refractivity contribution in [3.8, 4) is 11.1 Å². The van der Waals surface area contributed by atoms with E-state index < -0.39 is 5.92 Å². The summed E-state index contributed by atoms with van der Waals surface area (Å²) in [6.07, 6.45) is 3.47. The van der Waals surface area contributed by atoms with E-state index in [9.17, 15) is 13.6 Å². The minimum absolute atomic E-state index is 0.0987. The molecule has 0 N–H and O–H groups in total. The van der Waals surface area contributed by atoms with Crippen LogP contribution in [0.15, 0.2) is 36.7 Å². The van der Waals surface area contributed by atoms with Gasteiger partial charge in [-0.3, -0.25) is 14.4 Å².